The van der Waals surface area contributed by atoms with Gasteiger partial charge >= 0.3 is 0 Å². The first kappa shape index (κ1) is 9.89. The van der Waals surface area contributed by atoms with E-state index in [2.05, 4.69) is 40.8 Å². The van der Waals surface area contributed by atoms with Crippen molar-refractivity contribution >= 4 is 5.82 Å². The largest absolute Gasteiger partial charge is 0.368 e. The molecule has 0 aliphatic rings. The highest BCUT2D eigenvalue weighted by Gasteiger charge is 2.01. The first-order valence-electron chi connectivity index (χ1n) is 4.72. The Hall–Kier alpha value is -1.19. The van der Waals surface area contributed by atoms with E-state index in [-0.39, 0.29) is 0 Å². The lowest BCUT2D eigenvalue weighted by Crippen LogP contribution is -2.07. The number of hydrogen-bond acceptors (Lipinski definition) is 4. The van der Waals surface area contributed by atoms with Crippen molar-refractivity contribution in [3.63, 3.8) is 0 Å². The average molecular weight is 179 g/mol. The molecule has 1 radical (unpaired) electrons. The maximum atomic E-state index is 3.92. The smallest absolute Gasteiger partial charge is 0.155 e. The molecule has 1 N–H and O–H groups in total. The molecule has 0 fully saturated rings. The Morgan fingerprint density at radius 2 is 2.23 bits per heavy atom. The summed E-state index contributed by atoms with van der Waals surface area (Å²) in [4.78, 5) is 0. The van der Waals surface area contributed by atoms with Crippen LogP contribution in [0.25, 0.3) is 0 Å². The van der Waals surface area contributed by atoms with Crippen LogP contribution in [-0.4, -0.2) is 22.0 Å². The molecule has 0 atom stereocenters. The van der Waals surface area contributed by atoms with Gasteiger partial charge in [0.2, 0.25) is 0 Å². The van der Waals surface area contributed by atoms with Gasteiger partial charge < -0.3 is 5.32 Å². The Kier molecular flexibility index (Phi) is 4.15. The summed E-state index contributed by atoms with van der Waals surface area (Å²) >= 11 is 0. The monoisotopic (exact) mass is 179 g/mol. The zero-order valence-electron chi connectivity index (χ0n) is 8.17. The Morgan fingerprint density at radius 1 is 1.38 bits per heavy atom. The van der Waals surface area contributed by atoms with Crippen LogP contribution in [-0.2, 0) is 6.42 Å². The minimum atomic E-state index is 0.825. The minimum Gasteiger partial charge on any atom is -0.368 e. The molecule has 1 heterocycles. The van der Waals surface area contributed by atoms with Crippen LogP contribution in [0.15, 0.2) is 0 Å². The van der Waals surface area contributed by atoms with Crippen LogP contribution in [0.2, 0.25) is 0 Å². The normalized spacial score (nSPS) is 10.0. The second kappa shape index (κ2) is 5.45. The highest BCUT2D eigenvalue weighted by molar-refractivity contribution is 5.40. The molecule has 0 saturated carbocycles. The maximum absolute atomic E-state index is 3.92. The molecule has 1 aromatic heterocycles. The van der Waals surface area contributed by atoms with Crippen molar-refractivity contribution in [1.82, 2.24) is 15.4 Å². The molecule has 0 amide bonds. The van der Waals surface area contributed by atoms with Crippen molar-refractivity contribution in [3.05, 3.63) is 11.8 Å². The second-order valence-electron chi connectivity index (χ2n) is 2.86. The van der Waals surface area contributed by atoms with E-state index < -0.39 is 0 Å². The summed E-state index contributed by atoms with van der Waals surface area (Å²) in [6.07, 6.45) is 6.04. The van der Waals surface area contributed by atoms with Gasteiger partial charge in [0.1, 0.15) is 6.20 Å². The van der Waals surface area contributed by atoms with Crippen LogP contribution >= 0.6 is 0 Å². The molecule has 0 aliphatic heterocycles. The lowest BCUT2D eigenvalue weighted by molar-refractivity contribution is 0.800. The number of rotatable bonds is 5. The summed E-state index contributed by atoms with van der Waals surface area (Å²) in [5.74, 6) is 0.825. The molecule has 0 aromatic carbocycles. The van der Waals surface area contributed by atoms with E-state index in [4.69, 9.17) is 0 Å². The van der Waals surface area contributed by atoms with Crippen molar-refractivity contribution in [3.8, 4) is 0 Å². The topological polar surface area (TPSA) is 50.7 Å². The molecule has 71 valence electrons. The van der Waals surface area contributed by atoms with Crippen molar-refractivity contribution in [1.29, 1.82) is 0 Å². The van der Waals surface area contributed by atoms with E-state index in [0.717, 1.165) is 30.8 Å². The van der Waals surface area contributed by atoms with Gasteiger partial charge in [0.25, 0.3) is 0 Å². The number of hydrogen-bond donors (Lipinski definition) is 1. The molecule has 0 bridgehead atoms. The molecule has 13 heavy (non-hydrogen) atoms. The fraction of sp³-hybridized carbons (Fsp3) is 0.667. The molecule has 4 nitrogen and oxygen atoms in total. The SMILES string of the molecule is CCCCNc1nnn[c]c1CC. The third-order valence-corrected chi connectivity index (χ3v) is 1.84. The standard InChI is InChI=1S/C9H15N4/c1-3-5-6-10-9-8(4-2)7-11-13-12-9/h3-6H2,1-2H3,(H,10,11,12). The number of anilines is 1. The third kappa shape index (κ3) is 2.97. The number of unbranched alkanes of at least 4 members (excludes halogenated alkanes) is 1. The van der Waals surface area contributed by atoms with Crippen LogP contribution in [0, 0.1) is 6.20 Å². The van der Waals surface area contributed by atoms with Gasteiger partial charge in [-0.3, -0.25) is 0 Å². The molecule has 1 aromatic rings. The number of nitrogens with zero attached hydrogens (tertiary/aromatic N) is 3. The Bertz CT molecular complexity index is 249. The summed E-state index contributed by atoms with van der Waals surface area (Å²) in [5.41, 5.74) is 1.01. The van der Waals surface area contributed by atoms with Crippen molar-refractivity contribution in [2.45, 2.75) is 33.1 Å². The van der Waals surface area contributed by atoms with E-state index in [0.29, 0.717) is 0 Å². The quantitative estimate of drug-likeness (QED) is 0.695. The van der Waals surface area contributed by atoms with Crippen molar-refractivity contribution < 1.29 is 0 Å². The number of aryl methyl sites for hydroxylation is 1. The van der Waals surface area contributed by atoms with Crippen LogP contribution < -0.4 is 5.32 Å². The van der Waals surface area contributed by atoms with Crippen LogP contribution in [0.4, 0.5) is 5.82 Å². The van der Waals surface area contributed by atoms with Crippen molar-refractivity contribution in [2.75, 3.05) is 11.9 Å². The lowest BCUT2D eigenvalue weighted by Gasteiger charge is -2.05. The molecular formula is C9H15N4. The molecule has 0 spiro atoms. The molecule has 4 heteroatoms. The van der Waals surface area contributed by atoms with Crippen LogP contribution in [0.1, 0.15) is 32.3 Å². The summed E-state index contributed by atoms with van der Waals surface area (Å²) in [5, 5.41) is 14.3. The molecule has 0 unspecified atom stereocenters. The van der Waals surface area contributed by atoms with Gasteiger partial charge in [0, 0.05) is 12.1 Å². The number of aromatic nitrogens is 3. The minimum absolute atomic E-state index is 0.825. The van der Waals surface area contributed by atoms with E-state index in [1.807, 2.05) is 0 Å². The molecule has 0 saturated heterocycles. The predicted octanol–water partition coefficient (Wildman–Crippen LogP) is 1.45. The third-order valence-electron chi connectivity index (χ3n) is 1.84. The highest BCUT2D eigenvalue weighted by Crippen LogP contribution is 2.08. The number of nitrogens with one attached hydrogen (secondary N) is 1. The van der Waals surface area contributed by atoms with Gasteiger partial charge in [-0.2, -0.15) is 0 Å². The van der Waals surface area contributed by atoms with Gasteiger partial charge in [-0.05, 0) is 18.1 Å². The fourth-order valence-corrected chi connectivity index (χ4v) is 1.04. The van der Waals surface area contributed by atoms with E-state index in [1.165, 1.54) is 6.42 Å². The molecule has 0 aliphatic carbocycles. The fourth-order valence-electron chi connectivity index (χ4n) is 1.04. The van der Waals surface area contributed by atoms with E-state index in [9.17, 15) is 0 Å². The predicted molar refractivity (Wildman–Crippen MR) is 51.4 cm³/mol. The Balaban J connectivity index is 2.54. The lowest BCUT2D eigenvalue weighted by atomic mass is 10.2. The van der Waals surface area contributed by atoms with Gasteiger partial charge in [-0.15, -0.1) is 10.2 Å². The zero-order valence-corrected chi connectivity index (χ0v) is 8.17. The summed E-state index contributed by atoms with van der Waals surface area (Å²) in [7, 11) is 0. The zero-order chi connectivity index (χ0) is 9.52. The van der Waals surface area contributed by atoms with Gasteiger partial charge in [0.05, 0.1) is 0 Å². The summed E-state index contributed by atoms with van der Waals surface area (Å²) in [6.45, 7) is 5.16. The summed E-state index contributed by atoms with van der Waals surface area (Å²) in [6, 6.07) is 0. The van der Waals surface area contributed by atoms with Gasteiger partial charge in [-0.1, -0.05) is 20.3 Å². The van der Waals surface area contributed by atoms with Crippen LogP contribution in [0.5, 0.6) is 0 Å². The first-order chi connectivity index (χ1) is 6.38. The second-order valence-corrected chi connectivity index (χ2v) is 2.86. The first-order valence-corrected chi connectivity index (χ1v) is 4.72. The van der Waals surface area contributed by atoms with Gasteiger partial charge in [-0.25, -0.2) is 0 Å². The van der Waals surface area contributed by atoms with Crippen LogP contribution in [0.3, 0.4) is 0 Å². The van der Waals surface area contributed by atoms with E-state index >= 15 is 0 Å². The van der Waals surface area contributed by atoms with E-state index in [1.54, 1.807) is 0 Å². The molecule has 1 rings (SSSR count). The van der Waals surface area contributed by atoms with Crippen molar-refractivity contribution in [2.24, 2.45) is 0 Å². The van der Waals surface area contributed by atoms with Gasteiger partial charge in [0.15, 0.2) is 5.82 Å². The Morgan fingerprint density at radius 3 is 2.92 bits per heavy atom. The summed E-state index contributed by atoms with van der Waals surface area (Å²) < 4.78 is 0. The highest BCUT2D eigenvalue weighted by atomic mass is 15.3. The average Bonchev–Trinajstić information content (AvgIpc) is 2.19. The Labute approximate surface area is 78.8 Å². The molecular weight excluding hydrogens is 164 g/mol. The maximum Gasteiger partial charge on any atom is 0.155 e.